The molecule has 0 bridgehead atoms. The van der Waals surface area contributed by atoms with Crippen molar-refractivity contribution in [1.29, 1.82) is 0 Å². The Morgan fingerprint density at radius 2 is 2.06 bits per heavy atom. The molecule has 17 heavy (non-hydrogen) atoms. The Morgan fingerprint density at radius 3 is 2.53 bits per heavy atom. The van der Waals surface area contributed by atoms with Gasteiger partial charge in [0.1, 0.15) is 0 Å². The fourth-order valence-electron chi connectivity index (χ4n) is 2.36. The maximum Gasteiger partial charge on any atom is 0.221 e. The van der Waals surface area contributed by atoms with Crippen LogP contribution >= 0.6 is 11.8 Å². The second-order valence-corrected chi connectivity index (χ2v) is 6.64. The molecule has 1 saturated heterocycles. The molecule has 1 aliphatic rings. The molecule has 4 nitrogen and oxygen atoms in total. The Morgan fingerprint density at radius 1 is 1.47 bits per heavy atom. The van der Waals surface area contributed by atoms with Crippen molar-refractivity contribution in [2.24, 2.45) is 5.73 Å². The van der Waals surface area contributed by atoms with Gasteiger partial charge in [0, 0.05) is 49.1 Å². The predicted octanol–water partition coefficient (Wildman–Crippen LogP) is 0.666. The van der Waals surface area contributed by atoms with Crippen molar-refractivity contribution >= 4 is 17.7 Å². The summed E-state index contributed by atoms with van der Waals surface area (Å²) in [5.41, 5.74) is 5.81. The van der Waals surface area contributed by atoms with Crippen molar-refractivity contribution < 1.29 is 4.79 Å². The summed E-state index contributed by atoms with van der Waals surface area (Å²) >= 11 is 2.02. The first-order chi connectivity index (χ1) is 8.06. The quantitative estimate of drug-likeness (QED) is 0.762. The number of hydrogen-bond donors (Lipinski definition) is 2. The Kier molecular flexibility index (Phi) is 6.30. The van der Waals surface area contributed by atoms with Gasteiger partial charge in [0.2, 0.25) is 5.91 Å². The highest BCUT2D eigenvalue weighted by atomic mass is 32.2. The summed E-state index contributed by atoms with van der Waals surface area (Å²) in [6.45, 7) is 9.75. The molecule has 0 aliphatic carbocycles. The maximum absolute atomic E-state index is 11.6. The number of amides is 1. The molecule has 3 unspecified atom stereocenters. The zero-order chi connectivity index (χ0) is 12.8. The monoisotopic (exact) mass is 259 g/mol. The van der Waals surface area contributed by atoms with Gasteiger partial charge in [0.25, 0.3) is 0 Å². The smallest absolute Gasteiger partial charge is 0.221 e. The van der Waals surface area contributed by atoms with Gasteiger partial charge in [-0.25, -0.2) is 0 Å². The van der Waals surface area contributed by atoms with Crippen molar-refractivity contribution in [2.75, 3.05) is 26.2 Å². The SMILES string of the molecule is CCNC(=O)CC(CN)N1CC(C)SC(C)C1. The number of carbonyl (C=O) groups excluding carboxylic acids is 1. The fraction of sp³-hybridized carbons (Fsp3) is 0.917. The first-order valence-electron chi connectivity index (χ1n) is 6.43. The highest BCUT2D eigenvalue weighted by molar-refractivity contribution is 8.00. The van der Waals surface area contributed by atoms with E-state index in [-0.39, 0.29) is 11.9 Å². The van der Waals surface area contributed by atoms with E-state index >= 15 is 0 Å². The molecule has 0 aromatic heterocycles. The van der Waals surface area contributed by atoms with Crippen LogP contribution in [-0.4, -0.2) is 53.5 Å². The van der Waals surface area contributed by atoms with Crippen molar-refractivity contribution in [2.45, 2.75) is 43.7 Å². The summed E-state index contributed by atoms with van der Waals surface area (Å²) in [6, 6.07) is 0.187. The minimum absolute atomic E-state index is 0.112. The molecular formula is C12H25N3OS. The van der Waals surface area contributed by atoms with Gasteiger partial charge in [-0.3, -0.25) is 9.69 Å². The van der Waals surface area contributed by atoms with Gasteiger partial charge in [-0.05, 0) is 6.92 Å². The van der Waals surface area contributed by atoms with Gasteiger partial charge in [-0.2, -0.15) is 11.8 Å². The first kappa shape index (κ1) is 14.8. The average Bonchev–Trinajstić information content (AvgIpc) is 2.24. The molecule has 0 aromatic rings. The first-order valence-corrected chi connectivity index (χ1v) is 7.37. The number of thioether (sulfide) groups is 1. The van der Waals surface area contributed by atoms with E-state index in [1.165, 1.54) is 0 Å². The number of hydrogen-bond acceptors (Lipinski definition) is 4. The number of rotatable bonds is 5. The molecule has 1 fully saturated rings. The average molecular weight is 259 g/mol. The molecule has 0 aromatic carbocycles. The van der Waals surface area contributed by atoms with Crippen LogP contribution < -0.4 is 11.1 Å². The van der Waals surface area contributed by atoms with Crippen LogP contribution in [0.15, 0.2) is 0 Å². The maximum atomic E-state index is 11.6. The molecule has 0 saturated carbocycles. The van der Waals surface area contributed by atoms with Gasteiger partial charge in [0.15, 0.2) is 0 Å². The van der Waals surface area contributed by atoms with E-state index in [9.17, 15) is 4.79 Å². The lowest BCUT2D eigenvalue weighted by atomic mass is 10.1. The van der Waals surface area contributed by atoms with E-state index in [1.807, 2.05) is 18.7 Å². The van der Waals surface area contributed by atoms with Crippen LogP contribution in [0.1, 0.15) is 27.2 Å². The number of carbonyl (C=O) groups is 1. The summed E-state index contributed by atoms with van der Waals surface area (Å²) in [5.74, 6) is 0.112. The molecule has 3 atom stereocenters. The van der Waals surface area contributed by atoms with E-state index in [1.54, 1.807) is 0 Å². The molecule has 1 aliphatic heterocycles. The molecule has 0 radical (unpaired) electrons. The Hall–Kier alpha value is -0.260. The predicted molar refractivity (Wildman–Crippen MR) is 74.2 cm³/mol. The lowest BCUT2D eigenvalue weighted by Gasteiger charge is -2.39. The third-order valence-electron chi connectivity index (χ3n) is 3.03. The van der Waals surface area contributed by atoms with Crippen LogP contribution in [-0.2, 0) is 4.79 Å². The minimum atomic E-state index is 0.112. The van der Waals surface area contributed by atoms with E-state index < -0.39 is 0 Å². The highest BCUT2D eigenvalue weighted by Crippen LogP contribution is 2.26. The van der Waals surface area contributed by atoms with Gasteiger partial charge < -0.3 is 11.1 Å². The lowest BCUT2D eigenvalue weighted by Crippen LogP contribution is -2.50. The van der Waals surface area contributed by atoms with Gasteiger partial charge in [0.05, 0.1) is 0 Å². The molecular weight excluding hydrogens is 234 g/mol. The Bertz CT molecular complexity index is 240. The van der Waals surface area contributed by atoms with Crippen molar-refractivity contribution in [3.05, 3.63) is 0 Å². The molecule has 5 heteroatoms. The number of nitrogens with two attached hydrogens (primary N) is 1. The van der Waals surface area contributed by atoms with Gasteiger partial charge >= 0.3 is 0 Å². The van der Waals surface area contributed by atoms with Crippen LogP contribution in [0.25, 0.3) is 0 Å². The summed E-state index contributed by atoms with van der Waals surface area (Å²) in [5, 5.41) is 4.10. The largest absolute Gasteiger partial charge is 0.356 e. The molecule has 1 rings (SSSR count). The van der Waals surface area contributed by atoms with Crippen molar-refractivity contribution in [1.82, 2.24) is 10.2 Å². The molecule has 100 valence electrons. The third-order valence-corrected chi connectivity index (χ3v) is 4.26. The fourth-order valence-corrected chi connectivity index (χ4v) is 3.71. The Labute approximate surface area is 109 Å². The molecule has 1 heterocycles. The zero-order valence-corrected chi connectivity index (χ0v) is 11.9. The van der Waals surface area contributed by atoms with Gasteiger partial charge in [-0.15, -0.1) is 0 Å². The standard InChI is InChI=1S/C12H25N3OS/c1-4-14-12(16)5-11(6-13)15-7-9(2)17-10(3)8-15/h9-11H,4-8,13H2,1-3H3,(H,14,16). The van der Waals surface area contributed by atoms with Crippen molar-refractivity contribution in [3.63, 3.8) is 0 Å². The van der Waals surface area contributed by atoms with E-state index in [0.29, 0.717) is 30.0 Å². The van der Waals surface area contributed by atoms with Crippen LogP contribution in [0.5, 0.6) is 0 Å². The topological polar surface area (TPSA) is 58.4 Å². The molecule has 0 spiro atoms. The second kappa shape index (κ2) is 7.24. The van der Waals surface area contributed by atoms with Crippen LogP contribution in [0, 0.1) is 0 Å². The van der Waals surface area contributed by atoms with E-state index in [2.05, 4.69) is 24.1 Å². The summed E-state index contributed by atoms with van der Waals surface area (Å²) < 4.78 is 0. The van der Waals surface area contributed by atoms with Crippen LogP contribution in [0.3, 0.4) is 0 Å². The summed E-state index contributed by atoms with van der Waals surface area (Å²) in [7, 11) is 0. The molecule has 3 N–H and O–H groups in total. The number of nitrogens with zero attached hydrogens (tertiary/aromatic N) is 1. The number of nitrogens with one attached hydrogen (secondary N) is 1. The third kappa shape index (κ3) is 4.85. The van der Waals surface area contributed by atoms with Crippen molar-refractivity contribution in [3.8, 4) is 0 Å². The Balaban J connectivity index is 2.51. The van der Waals surface area contributed by atoms with Gasteiger partial charge in [-0.1, -0.05) is 13.8 Å². The van der Waals surface area contributed by atoms with E-state index in [4.69, 9.17) is 5.73 Å². The van der Waals surface area contributed by atoms with E-state index in [0.717, 1.165) is 13.1 Å². The second-order valence-electron chi connectivity index (χ2n) is 4.76. The van der Waals surface area contributed by atoms with Crippen LogP contribution in [0.2, 0.25) is 0 Å². The lowest BCUT2D eigenvalue weighted by molar-refractivity contribution is -0.122. The summed E-state index contributed by atoms with van der Waals surface area (Å²) in [6.07, 6.45) is 0.522. The van der Waals surface area contributed by atoms with Crippen LogP contribution in [0.4, 0.5) is 0 Å². The normalized spacial score (nSPS) is 27.8. The zero-order valence-electron chi connectivity index (χ0n) is 11.1. The minimum Gasteiger partial charge on any atom is -0.356 e. The highest BCUT2D eigenvalue weighted by Gasteiger charge is 2.28. The summed E-state index contributed by atoms with van der Waals surface area (Å²) in [4.78, 5) is 14.0. The molecule has 1 amide bonds.